The zero-order chi connectivity index (χ0) is 11.3. The van der Waals surface area contributed by atoms with Crippen molar-refractivity contribution < 1.29 is 9.53 Å². The van der Waals surface area contributed by atoms with E-state index in [0.29, 0.717) is 17.9 Å². The molecule has 0 spiro atoms. The fraction of sp³-hybridized carbons (Fsp3) is 0.182. The molecular formula is C11H10BrNO2. The molecule has 4 heteroatoms. The fourth-order valence-electron chi connectivity index (χ4n) is 0.895. The van der Waals surface area contributed by atoms with Gasteiger partial charge in [-0.25, -0.2) is 4.79 Å². The number of nitrogens with two attached hydrogens (primary N) is 1. The van der Waals surface area contributed by atoms with Gasteiger partial charge in [-0.1, -0.05) is 5.92 Å². The number of anilines is 1. The SMILES string of the molecule is CCOC(=O)C#Cc1ccc(N)c(Br)c1. The first-order chi connectivity index (χ1) is 7.13. The summed E-state index contributed by atoms with van der Waals surface area (Å²) >= 11 is 3.27. The number of ether oxygens (including phenoxy) is 1. The van der Waals surface area contributed by atoms with Crippen LogP contribution < -0.4 is 5.73 Å². The number of esters is 1. The molecule has 0 atom stereocenters. The molecule has 0 aliphatic rings. The first kappa shape index (κ1) is 11.6. The number of carbonyl (C=O) groups is 1. The van der Waals surface area contributed by atoms with Crippen LogP contribution in [-0.4, -0.2) is 12.6 Å². The monoisotopic (exact) mass is 267 g/mol. The molecule has 3 nitrogen and oxygen atoms in total. The smallest absolute Gasteiger partial charge is 0.384 e. The van der Waals surface area contributed by atoms with Crippen LogP contribution in [0.4, 0.5) is 5.69 Å². The quantitative estimate of drug-likeness (QED) is 0.481. The number of hydrogen-bond donors (Lipinski definition) is 1. The summed E-state index contributed by atoms with van der Waals surface area (Å²) < 4.78 is 5.43. The van der Waals surface area contributed by atoms with Gasteiger partial charge >= 0.3 is 5.97 Å². The second-order valence-electron chi connectivity index (χ2n) is 2.71. The van der Waals surface area contributed by atoms with Gasteiger partial charge in [0.1, 0.15) is 0 Å². The zero-order valence-corrected chi connectivity index (χ0v) is 9.80. The zero-order valence-electron chi connectivity index (χ0n) is 8.21. The van der Waals surface area contributed by atoms with Crippen molar-refractivity contribution in [2.24, 2.45) is 0 Å². The Morgan fingerprint density at radius 2 is 2.33 bits per heavy atom. The highest BCUT2D eigenvalue weighted by Gasteiger charge is 1.96. The van der Waals surface area contributed by atoms with E-state index in [1.165, 1.54) is 0 Å². The van der Waals surface area contributed by atoms with E-state index < -0.39 is 5.97 Å². The topological polar surface area (TPSA) is 52.3 Å². The van der Waals surface area contributed by atoms with Crippen LogP contribution in [0.15, 0.2) is 22.7 Å². The molecule has 0 heterocycles. The predicted octanol–water partition coefficient (Wildman–Crippen LogP) is 1.95. The van der Waals surface area contributed by atoms with Crippen LogP contribution in [0.5, 0.6) is 0 Å². The number of carbonyl (C=O) groups excluding carboxylic acids is 1. The largest absolute Gasteiger partial charge is 0.456 e. The Bertz CT molecular complexity index is 432. The standard InChI is InChI=1S/C11H10BrNO2/c1-2-15-11(14)6-4-8-3-5-10(13)9(12)7-8/h3,5,7H,2,13H2,1H3. The van der Waals surface area contributed by atoms with Crippen molar-refractivity contribution in [2.75, 3.05) is 12.3 Å². The van der Waals surface area contributed by atoms with E-state index in [9.17, 15) is 4.79 Å². The van der Waals surface area contributed by atoms with Gasteiger partial charge in [0.15, 0.2) is 0 Å². The van der Waals surface area contributed by atoms with Gasteiger partial charge in [0.05, 0.1) is 6.61 Å². The molecule has 0 aromatic heterocycles. The van der Waals surface area contributed by atoms with Crippen molar-refractivity contribution in [3.05, 3.63) is 28.2 Å². The van der Waals surface area contributed by atoms with Crippen LogP contribution in [0.2, 0.25) is 0 Å². The van der Waals surface area contributed by atoms with Gasteiger partial charge in [-0.3, -0.25) is 0 Å². The molecule has 2 N–H and O–H groups in total. The van der Waals surface area contributed by atoms with E-state index in [-0.39, 0.29) is 0 Å². The lowest BCUT2D eigenvalue weighted by molar-refractivity contribution is -0.136. The Hall–Kier alpha value is -1.47. The minimum absolute atomic E-state index is 0.332. The van der Waals surface area contributed by atoms with E-state index in [1.54, 1.807) is 25.1 Å². The summed E-state index contributed by atoms with van der Waals surface area (Å²) in [4.78, 5) is 10.9. The predicted molar refractivity (Wildman–Crippen MR) is 62.1 cm³/mol. The lowest BCUT2D eigenvalue weighted by Crippen LogP contribution is -1.99. The Morgan fingerprint density at radius 1 is 1.60 bits per heavy atom. The maximum absolute atomic E-state index is 10.9. The minimum atomic E-state index is -0.523. The lowest BCUT2D eigenvalue weighted by atomic mass is 10.2. The summed E-state index contributed by atoms with van der Waals surface area (Å²) in [5, 5.41) is 0. The van der Waals surface area contributed by atoms with E-state index in [0.717, 1.165) is 4.47 Å². The van der Waals surface area contributed by atoms with Gasteiger partial charge in [-0.2, -0.15) is 0 Å². The maximum atomic E-state index is 10.9. The molecule has 0 aliphatic heterocycles. The van der Waals surface area contributed by atoms with Crippen molar-refractivity contribution >= 4 is 27.6 Å². The van der Waals surface area contributed by atoms with E-state index in [2.05, 4.69) is 32.5 Å². The van der Waals surface area contributed by atoms with Gasteiger partial charge < -0.3 is 10.5 Å². The fourth-order valence-corrected chi connectivity index (χ4v) is 1.27. The molecule has 15 heavy (non-hydrogen) atoms. The molecule has 0 amide bonds. The van der Waals surface area contributed by atoms with Gasteiger partial charge in [0.25, 0.3) is 0 Å². The average Bonchev–Trinajstić information content (AvgIpc) is 2.20. The normalized spacial score (nSPS) is 8.93. The number of hydrogen-bond acceptors (Lipinski definition) is 3. The van der Waals surface area contributed by atoms with Crippen molar-refractivity contribution in [3.8, 4) is 11.8 Å². The first-order valence-electron chi connectivity index (χ1n) is 4.37. The van der Waals surface area contributed by atoms with Gasteiger partial charge in [0, 0.05) is 21.6 Å². The van der Waals surface area contributed by atoms with Crippen LogP contribution in [0.25, 0.3) is 0 Å². The Morgan fingerprint density at radius 3 is 2.93 bits per heavy atom. The van der Waals surface area contributed by atoms with Gasteiger partial charge in [-0.05, 0) is 41.1 Å². The maximum Gasteiger partial charge on any atom is 0.384 e. The molecule has 0 fully saturated rings. The Labute approximate surface area is 96.7 Å². The molecule has 0 saturated carbocycles. The van der Waals surface area contributed by atoms with Crippen molar-refractivity contribution in [2.45, 2.75) is 6.92 Å². The van der Waals surface area contributed by atoms with Crippen molar-refractivity contribution in [1.82, 2.24) is 0 Å². The molecule has 1 rings (SSSR count). The average molecular weight is 268 g/mol. The summed E-state index contributed by atoms with van der Waals surface area (Å²) in [5.41, 5.74) is 6.95. The summed E-state index contributed by atoms with van der Waals surface area (Å²) in [6, 6.07) is 5.22. The third kappa shape index (κ3) is 3.64. The number of nitrogen functional groups attached to an aromatic ring is 1. The summed E-state index contributed by atoms with van der Waals surface area (Å²) in [5.74, 6) is 4.54. The van der Waals surface area contributed by atoms with Gasteiger partial charge in [0.2, 0.25) is 0 Å². The van der Waals surface area contributed by atoms with Crippen molar-refractivity contribution in [3.63, 3.8) is 0 Å². The molecule has 0 aliphatic carbocycles. The molecule has 0 radical (unpaired) electrons. The Balaban J connectivity index is 2.80. The highest BCUT2D eigenvalue weighted by Crippen LogP contribution is 2.19. The highest BCUT2D eigenvalue weighted by molar-refractivity contribution is 9.10. The van der Waals surface area contributed by atoms with Crippen LogP contribution in [-0.2, 0) is 9.53 Å². The van der Waals surface area contributed by atoms with Gasteiger partial charge in [-0.15, -0.1) is 0 Å². The lowest BCUT2D eigenvalue weighted by Gasteiger charge is -1.97. The molecular weight excluding hydrogens is 258 g/mol. The van der Waals surface area contributed by atoms with E-state index in [1.807, 2.05) is 0 Å². The minimum Gasteiger partial charge on any atom is -0.456 e. The van der Waals surface area contributed by atoms with Crippen LogP contribution in [0.1, 0.15) is 12.5 Å². The molecule has 0 bridgehead atoms. The number of benzene rings is 1. The van der Waals surface area contributed by atoms with Crippen LogP contribution in [0, 0.1) is 11.8 Å². The third-order valence-corrected chi connectivity index (χ3v) is 2.27. The third-order valence-electron chi connectivity index (χ3n) is 1.58. The number of rotatable bonds is 1. The summed E-state index contributed by atoms with van der Waals surface area (Å²) in [6.45, 7) is 2.07. The molecule has 1 aromatic rings. The second-order valence-corrected chi connectivity index (χ2v) is 3.56. The summed E-state index contributed by atoms with van der Waals surface area (Å²) in [6.07, 6.45) is 0. The van der Waals surface area contributed by atoms with E-state index >= 15 is 0 Å². The van der Waals surface area contributed by atoms with Crippen molar-refractivity contribution in [1.29, 1.82) is 0 Å². The highest BCUT2D eigenvalue weighted by atomic mass is 79.9. The first-order valence-corrected chi connectivity index (χ1v) is 5.16. The molecule has 1 aromatic carbocycles. The van der Waals surface area contributed by atoms with Crippen LogP contribution in [0.3, 0.4) is 0 Å². The number of halogens is 1. The molecule has 0 unspecified atom stereocenters. The second kappa shape index (κ2) is 5.42. The molecule has 78 valence electrons. The summed E-state index contributed by atoms with van der Waals surface area (Å²) in [7, 11) is 0. The van der Waals surface area contributed by atoms with E-state index in [4.69, 9.17) is 5.73 Å². The Kier molecular flexibility index (Phi) is 4.19. The molecule has 0 saturated heterocycles. The van der Waals surface area contributed by atoms with Crippen LogP contribution >= 0.6 is 15.9 Å².